The highest BCUT2D eigenvalue weighted by Crippen LogP contribution is 2.33. The zero-order valence-electron chi connectivity index (χ0n) is 18.1. The second kappa shape index (κ2) is 8.71. The summed E-state index contributed by atoms with van der Waals surface area (Å²) in [7, 11) is 0. The predicted octanol–water partition coefficient (Wildman–Crippen LogP) is 3.72. The average Bonchev–Trinajstić information content (AvgIpc) is 3.43. The number of carbonyl (C=O) groups excluding carboxylic acids is 1. The number of carbonyl (C=O) groups is 1. The van der Waals surface area contributed by atoms with Crippen molar-refractivity contribution in [3.05, 3.63) is 61.5 Å². The van der Waals surface area contributed by atoms with E-state index in [1.807, 2.05) is 4.90 Å². The van der Waals surface area contributed by atoms with Gasteiger partial charge in [-0.2, -0.15) is 0 Å². The largest absolute Gasteiger partial charge is 0.332 e. The van der Waals surface area contributed by atoms with Crippen LogP contribution in [0.2, 0.25) is 0 Å². The van der Waals surface area contributed by atoms with E-state index in [1.54, 1.807) is 11.3 Å². The van der Waals surface area contributed by atoms with Crippen LogP contribution in [-0.2, 0) is 24.3 Å². The number of fused-ring (bicyclic) bond motifs is 1. The van der Waals surface area contributed by atoms with Gasteiger partial charge in [-0.15, -0.1) is 11.3 Å². The van der Waals surface area contributed by atoms with E-state index in [1.165, 1.54) is 10.4 Å². The van der Waals surface area contributed by atoms with Crippen LogP contribution in [-0.4, -0.2) is 38.8 Å². The van der Waals surface area contributed by atoms with E-state index in [-0.39, 0.29) is 23.4 Å². The lowest BCUT2D eigenvalue weighted by Gasteiger charge is -2.31. The SMILES string of the molecule is Cc1ccsc1CN1CCc2c(nc([C@H]3CCCN3C(=O)[C@@H]3CC=CCC3)[nH]c2=O)C1. The Kier molecular flexibility index (Phi) is 5.80. The smallest absolute Gasteiger partial charge is 0.254 e. The van der Waals surface area contributed by atoms with Gasteiger partial charge in [0.25, 0.3) is 5.56 Å². The number of hydrogen-bond donors (Lipinski definition) is 1. The Bertz CT molecular complexity index is 1060. The number of H-pyrrole nitrogens is 1. The van der Waals surface area contributed by atoms with Crippen LogP contribution < -0.4 is 5.56 Å². The van der Waals surface area contributed by atoms with E-state index in [0.717, 1.165) is 69.4 Å². The zero-order valence-corrected chi connectivity index (χ0v) is 18.9. The van der Waals surface area contributed by atoms with E-state index in [9.17, 15) is 9.59 Å². The molecule has 0 spiro atoms. The molecule has 2 atom stereocenters. The lowest BCUT2D eigenvalue weighted by molar-refractivity contribution is -0.136. The van der Waals surface area contributed by atoms with E-state index in [2.05, 4.69) is 40.4 Å². The molecule has 7 heteroatoms. The van der Waals surface area contributed by atoms with Gasteiger partial charge in [-0.25, -0.2) is 4.98 Å². The van der Waals surface area contributed by atoms with Gasteiger partial charge < -0.3 is 9.88 Å². The summed E-state index contributed by atoms with van der Waals surface area (Å²) in [6.45, 7) is 5.37. The van der Waals surface area contributed by atoms with Gasteiger partial charge in [0.05, 0.1) is 11.7 Å². The van der Waals surface area contributed by atoms with Crippen molar-refractivity contribution in [3.8, 4) is 0 Å². The normalized spacial score (nSPS) is 23.8. The Morgan fingerprint density at radius 3 is 2.97 bits per heavy atom. The number of likely N-dealkylation sites (tertiary alicyclic amines) is 1. The monoisotopic (exact) mass is 438 g/mol. The summed E-state index contributed by atoms with van der Waals surface area (Å²) in [5, 5.41) is 2.14. The molecule has 2 aromatic heterocycles. The molecule has 2 aromatic rings. The van der Waals surface area contributed by atoms with Crippen LogP contribution in [0.3, 0.4) is 0 Å². The molecular formula is C24H30N4O2S. The van der Waals surface area contributed by atoms with Gasteiger partial charge in [0.1, 0.15) is 5.82 Å². The van der Waals surface area contributed by atoms with Crippen molar-refractivity contribution in [3.63, 3.8) is 0 Å². The second-order valence-electron chi connectivity index (χ2n) is 9.03. The quantitative estimate of drug-likeness (QED) is 0.739. The third kappa shape index (κ3) is 4.13. The number of aromatic amines is 1. The molecule has 1 fully saturated rings. The van der Waals surface area contributed by atoms with Gasteiger partial charge in [0.2, 0.25) is 5.91 Å². The van der Waals surface area contributed by atoms with Crippen LogP contribution in [0.15, 0.2) is 28.4 Å². The van der Waals surface area contributed by atoms with Crippen LogP contribution in [0.5, 0.6) is 0 Å². The number of allylic oxidation sites excluding steroid dienone is 2. The van der Waals surface area contributed by atoms with Crippen molar-refractivity contribution in [1.29, 1.82) is 0 Å². The minimum Gasteiger partial charge on any atom is -0.332 e. The fourth-order valence-electron chi connectivity index (χ4n) is 5.14. The van der Waals surface area contributed by atoms with E-state index < -0.39 is 0 Å². The molecule has 1 saturated heterocycles. The third-order valence-electron chi connectivity index (χ3n) is 6.98. The second-order valence-corrected chi connectivity index (χ2v) is 10.0. The molecule has 6 nitrogen and oxygen atoms in total. The number of nitrogens with one attached hydrogen (secondary N) is 1. The molecule has 1 N–H and O–H groups in total. The van der Waals surface area contributed by atoms with Gasteiger partial charge in [-0.3, -0.25) is 14.5 Å². The molecule has 0 unspecified atom stereocenters. The third-order valence-corrected chi connectivity index (χ3v) is 7.98. The van der Waals surface area contributed by atoms with E-state index in [4.69, 9.17) is 4.98 Å². The van der Waals surface area contributed by atoms with Crippen molar-refractivity contribution >= 4 is 17.2 Å². The minimum atomic E-state index is -0.105. The summed E-state index contributed by atoms with van der Waals surface area (Å²) >= 11 is 1.79. The Morgan fingerprint density at radius 1 is 1.29 bits per heavy atom. The maximum absolute atomic E-state index is 13.2. The summed E-state index contributed by atoms with van der Waals surface area (Å²) < 4.78 is 0. The molecule has 1 aliphatic carbocycles. The maximum Gasteiger partial charge on any atom is 0.254 e. The summed E-state index contributed by atoms with van der Waals surface area (Å²) in [4.78, 5) is 39.8. The Labute approximate surface area is 187 Å². The first-order valence-corrected chi connectivity index (χ1v) is 12.3. The average molecular weight is 439 g/mol. The number of rotatable bonds is 4. The molecule has 31 heavy (non-hydrogen) atoms. The van der Waals surface area contributed by atoms with Gasteiger partial charge in [0, 0.05) is 42.5 Å². The number of amides is 1. The molecule has 0 saturated carbocycles. The number of aromatic nitrogens is 2. The summed E-state index contributed by atoms with van der Waals surface area (Å²) in [6, 6.07) is 2.05. The number of nitrogens with zero attached hydrogens (tertiary/aromatic N) is 3. The Hall–Kier alpha value is -2.25. The highest BCUT2D eigenvalue weighted by Gasteiger charge is 2.36. The summed E-state index contributed by atoms with van der Waals surface area (Å²) in [6.07, 6.45) is 9.57. The Morgan fingerprint density at radius 2 is 2.19 bits per heavy atom. The zero-order chi connectivity index (χ0) is 21.4. The summed E-state index contributed by atoms with van der Waals surface area (Å²) in [5.41, 5.74) is 3.01. The molecule has 3 aliphatic rings. The fourth-order valence-corrected chi connectivity index (χ4v) is 6.09. The first-order valence-electron chi connectivity index (χ1n) is 11.4. The highest BCUT2D eigenvalue weighted by molar-refractivity contribution is 7.10. The van der Waals surface area contributed by atoms with Crippen molar-refractivity contribution in [2.24, 2.45) is 5.92 Å². The van der Waals surface area contributed by atoms with Gasteiger partial charge in [-0.05, 0) is 62.5 Å². The van der Waals surface area contributed by atoms with Crippen molar-refractivity contribution in [1.82, 2.24) is 19.8 Å². The molecule has 164 valence electrons. The lowest BCUT2D eigenvalue weighted by Crippen LogP contribution is -2.39. The molecule has 0 aromatic carbocycles. The number of hydrogen-bond acceptors (Lipinski definition) is 5. The minimum absolute atomic E-state index is 0.0214. The van der Waals surface area contributed by atoms with E-state index >= 15 is 0 Å². The number of aryl methyl sites for hydroxylation is 1. The van der Waals surface area contributed by atoms with Crippen molar-refractivity contribution in [2.75, 3.05) is 13.1 Å². The topological polar surface area (TPSA) is 69.3 Å². The van der Waals surface area contributed by atoms with Crippen LogP contribution in [0.1, 0.15) is 65.7 Å². The number of thiophene rings is 1. The highest BCUT2D eigenvalue weighted by atomic mass is 32.1. The molecule has 5 rings (SSSR count). The van der Waals surface area contributed by atoms with Gasteiger partial charge in [-0.1, -0.05) is 12.2 Å². The summed E-state index contributed by atoms with van der Waals surface area (Å²) in [5.74, 6) is 0.969. The van der Waals surface area contributed by atoms with Crippen LogP contribution in [0, 0.1) is 12.8 Å². The molecule has 0 radical (unpaired) electrons. The Balaban J connectivity index is 1.37. The molecule has 4 heterocycles. The van der Waals surface area contributed by atoms with Crippen LogP contribution in [0.4, 0.5) is 0 Å². The van der Waals surface area contributed by atoms with Gasteiger partial charge >= 0.3 is 0 Å². The maximum atomic E-state index is 13.2. The lowest BCUT2D eigenvalue weighted by atomic mass is 9.93. The van der Waals surface area contributed by atoms with Gasteiger partial charge in [0.15, 0.2) is 0 Å². The predicted molar refractivity (Wildman–Crippen MR) is 122 cm³/mol. The van der Waals surface area contributed by atoms with E-state index in [0.29, 0.717) is 12.4 Å². The fraction of sp³-hybridized carbons (Fsp3) is 0.542. The van der Waals surface area contributed by atoms with Crippen molar-refractivity contribution in [2.45, 2.75) is 64.6 Å². The molecule has 2 aliphatic heterocycles. The molecule has 1 amide bonds. The molecule has 0 bridgehead atoms. The standard InChI is InChI=1S/C24H30N4O2S/c1-16-10-13-31-21(16)15-27-12-9-18-19(14-27)25-22(26-23(18)29)20-8-5-11-28(20)24(30)17-6-3-2-4-7-17/h2-3,10,13,17,20H,4-9,11-12,14-15H2,1H3,(H,25,26,29)/t17-,20-/m1/s1. The first-order chi connectivity index (χ1) is 15.1. The van der Waals surface area contributed by atoms with Crippen LogP contribution in [0.25, 0.3) is 0 Å². The molecular weight excluding hydrogens is 408 g/mol. The van der Waals surface area contributed by atoms with Crippen LogP contribution >= 0.6 is 11.3 Å². The first kappa shape index (κ1) is 20.6. The van der Waals surface area contributed by atoms with Crippen molar-refractivity contribution < 1.29 is 4.79 Å².